The molecule has 0 bridgehead atoms. The van der Waals surface area contributed by atoms with Crippen molar-refractivity contribution in [1.82, 2.24) is 14.0 Å². The van der Waals surface area contributed by atoms with Gasteiger partial charge in [-0.1, -0.05) is 48.5 Å². The minimum absolute atomic E-state index is 0.125. The molecule has 0 amide bonds. The minimum atomic E-state index is -4.86. The summed E-state index contributed by atoms with van der Waals surface area (Å²) < 4.78 is 72.1. The highest BCUT2D eigenvalue weighted by Gasteiger charge is 2.35. The summed E-state index contributed by atoms with van der Waals surface area (Å²) in [6.07, 6.45) is -4.86. The average molecular weight is 614 g/mol. The van der Waals surface area contributed by atoms with Crippen molar-refractivity contribution in [3.63, 3.8) is 0 Å². The second-order valence-corrected chi connectivity index (χ2v) is 10.9. The molecule has 0 radical (unpaired) electrons. The lowest BCUT2D eigenvalue weighted by Crippen LogP contribution is -2.51. The van der Waals surface area contributed by atoms with E-state index in [9.17, 15) is 31.5 Å². The molecule has 1 saturated heterocycles. The van der Waals surface area contributed by atoms with E-state index in [0.717, 1.165) is 32.9 Å². The molecule has 0 unspecified atom stereocenters. The molecule has 1 fully saturated rings. The van der Waals surface area contributed by atoms with Crippen LogP contribution < -0.4 is 21.9 Å². The van der Waals surface area contributed by atoms with Crippen LogP contribution in [0.4, 0.5) is 27.6 Å². The van der Waals surface area contributed by atoms with Gasteiger partial charge >= 0.3 is 11.9 Å². The zero-order valence-corrected chi connectivity index (χ0v) is 24.0. The molecule has 44 heavy (non-hydrogen) atoms. The highest BCUT2D eigenvalue weighted by molar-refractivity contribution is 5.50. The summed E-state index contributed by atoms with van der Waals surface area (Å²) in [6, 6.07) is 17.0. The van der Waals surface area contributed by atoms with Crippen LogP contribution in [-0.4, -0.2) is 40.2 Å². The molecule has 1 atom stereocenters. The van der Waals surface area contributed by atoms with E-state index in [-0.39, 0.29) is 23.7 Å². The topological polar surface area (TPSA) is 76.5 Å². The zero-order chi connectivity index (χ0) is 31.6. The number of aromatic nitrogens is 2. The molecule has 7 nitrogen and oxygen atoms in total. The molecule has 3 aromatic carbocycles. The second-order valence-electron chi connectivity index (χ2n) is 10.9. The van der Waals surface area contributed by atoms with E-state index in [2.05, 4.69) is 4.90 Å². The van der Waals surface area contributed by atoms with E-state index in [1.54, 1.807) is 41.3 Å². The SMILES string of the molecule is Cc1c(N2CCN(Cc3cccc(F)c3)CC2)c(=O)n(C[C@H](N)c2ccccc2)c(=O)n1Cc1c(F)cccc1C(F)(F)F. The quantitative estimate of drug-likeness (QED) is 0.292. The molecule has 232 valence electrons. The van der Waals surface area contributed by atoms with E-state index < -0.39 is 47.0 Å². The van der Waals surface area contributed by atoms with Gasteiger partial charge in [0, 0.05) is 50.0 Å². The van der Waals surface area contributed by atoms with E-state index >= 15 is 0 Å². The standard InChI is InChI=1S/C32H32F5N5O2/c1-21-29(40-15-13-39(14-16-40)18-22-7-5-10-24(33)17-22)30(43)42(20-28(38)23-8-3-2-4-9-23)31(44)41(21)19-25-26(32(35,36)37)11-6-12-27(25)34/h2-12,17,28H,13-16,18-20,38H2,1H3/t28-/m0/s1. The number of hydrogen-bond acceptors (Lipinski definition) is 5. The molecular weight excluding hydrogens is 581 g/mol. The fraction of sp³-hybridized carbons (Fsp3) is 0.312. The van der Waals surface area contributed by atoms with E-state index in [1.807, 2.05) is 6.07 Å². The van der Waals surface area contributed by atoms with Crippen LogP contribution in [0.3, 0.4) is 0 Å². The lowest BCUT2D eigenvalue weighted by atomic mass is 10.1. The number of nitrogens with two attached hydrogens (primary N) is 1. The third-order valence-corrected chi connectivity index (χ3v) is 7.99. The van der Waals surface area contributed by atoms with Gasteiger partial charge in [0.1, 0.15) is 17.3 Å². The molecule has 0 aliphatic carbocycles. The highest BCUT2D eigenvalue weighted by Crippen LogP contribution is 2.33. The summed E-state index contributed by atoms with van der Waals surface area (Å²) in [5.41, 5.74) is 4.69. The van der Waals surface area contributed by atoms with Crippen LogP contribution in [0.15, 0.2) is 82.4 Å². The first kappa shape index (κ1) is 31.1. The fourth-order valence-electron chi connectivity index (χ4n) is 5.67. The van der Waals surface area contributed by atoms with Crippen molar-refractivity contribution in [3.8, 4) is 0 Å². The lowest BCUT2D eigenvalue weighted by Gasteiger charge is -2.37. The molecule has 1 aromatic heterocycles. The summed E-state index contributed by atoms with van der Waals surface area (Å²) in [7, 11) is 0. The number of piperazine rings is 1. The fourth-order valence-corrected chi connectivity index (χ4v) is 5.67. The Morgan fingerprint density at radius 1 is 0.841 bits per heavy atom. The van der Waals surface area contributed by atoms with Crippen molar-refractivity contribution < 1.29 is 22.0 Å². The minimum Gasteiger partial charge on any atom is -0.363 e. The van der Waals surface area contributed by atoms with Gasteiger partial charge in [-0.05, 0) is 42.3 Å². The molecule has 4 aromatic rings. The third kappa shape index (κ3) is 6.61. The smallest absolute Gasteiger partial charge is 0.363 e. The number of rotatable bonds is 8. The second kappa shape index (κ2) is 12.7. The predicted octanol–water partition coefficient (Wildman–Crippen LogP) is 4.69. The van der Waals surface area contributed by atoms with E-state index in [4.69, 9.17) is 5.73 Å². The number of hydrogen-bond donors (Lipinski definition) is 1. The van der Waals surface area contributed by atoms with Crippen LogP contribution in [0.5, 0.6) is 0 Å². The Hall–Kier alpha value is -4.29. The number of benzene rings is 3. The maximum Gasteiger partial charge on any atom is 0.416 e. The van der Waals surface area contributed by atoms with Crippen molar-refractivity contribution >= 4 is 5.69 Å². The van der Waals surface area contributed by atoms with Crippen molar-refractivity contribution in [2.24, 2.45) is 5.73 Å². The lowest BCUT2D eigenvalue weighted by molar-refractivity contribution is -0.138. The van der Waals surface area contributed by atoms with Gasteiger partial charge in [-0.3, -0.25) is 18.8 Å². The summed E-state index contributed by atoms with van der Waals surface area (Å²) in [5, 5.41) is 0. The number of nitrogens with zero attached hydrogens (tertiary/aromatic N) is 4. The first-order chi connectivity index (χ1) is 20.9. The zero-order valence-electron chi connectivity index (χ0n) is 24.0. The molecule has 12 heteroatoms. The van der Waals surface area contributed by atoms with Crippen LogP contribution in [0, 0.1) is 18.6 Å². The maximum atomic E-state index is 14.9. The Bertz CT molecular complexity index is 1750. The van der Waals surface area contributed by atoms with Gasteiger partial charge in [-0.25, -0.2) is 13.6 Å². The Morgan fingerprint density at radius 3 is 2.18 bits per heavy atom. The van der Waals surface area contributed by atoms with Crippen LogP contribution in [0.1, 0.15) is 34.0 Å². The molecule has 2 heterocycles. The number of anilines is 1. The van der Waals surface area contributed by atoms with Crippen LogP contribution in [-0.2, 0) is 25.8 Å². The summed E-state index contributed by atoms with van der Waals surface area (Å²) >= 11 is 0. The van der Waals surface area contributed by atoms with Gasteiger partial charge < -0.3 is 10.6 Å². The summed E-state index contributed by atoms with van der Waals surface area (Å²) in [4.78, 5) is 31.6. The largest absolute Gasteiger partial charge is 0.416 e. The summed E-state index contributed by atoms with van der Waals surface area (Å²) in [5.74, 6) is -1.45. The van der Waals surface area contributed by atoms with Crippen molar-refractivity contribution in [3.05, 3.63) is 133 Å². The average Bonchev–Trinajstić information content (AvgIpc) is 2.99. The Balaban J connectivity index is 1.54. The first-order valence-corrected chi connectivity index (χ1v) is 14.1. The van der Waals surface area contributed by atoms with Crippen molar-refractivity contribution in [1.29, 1.82) is 0 Å². The van der Waals surface area contributed by atoms with Gasteiger partial charge in [0.2, 0.25) is 0 Å². The normalized spacial score (nSPS) is 15.0. The predicted molar refractivity (Wildman–Crippen MR) is 157 cm³/mol. The molecule has 2 N–H and O–H groups in total. The van der Waals surface area contributed by atoms with Gasteiger partial charge in [-0.15, -0.1) is 0 Å². The molecule has 1 aliphatic heterocycles. The molecule has 0 saturated carbocycles. The van der Waals surface area contributed by atoms with Crippen LogP contribution in [0.25, 0.3) is 0 Å². The van der Waals surface area contributed by atoms with Crippen LogP contribution >= 0.6 is 0 Å². The van der Waals surface area contributed by atoms with E-state index in [0.29, 0.717) is 38.3 Å². The maximum absolute atomic E-state index is 14.9. The molecule has 1 aliphatic rings. The molecule has 0 spiro atoms. The number of alkyl halides is 3. The van der Waals surface area contributed by atoms with Gasteiger partial charge in [0.05, 0.1) is 18.7 Å². The van der Waals surface area contributed by atoms with Gasteiger partial charge in [0.15, 0.2) is 0 Å². The summed E-state index contributed by atoms with van der Waals surface area (Å²) in [6.45, 7) is 2.73. The first-order valence-electron chi connectivity index (χ1n) is 14.1. The molecular formula is C32H32F5N5O2. The third-order valence-electron chi connectivity index (χ3n) is 7.99. The van der Waals surface area contributed by atoms with Crippen molar-refractivity contribution in [2.75, 3.05) is 31.1 Å². The number of halogens is 5. The molecule has 5 rings (SSSR count). The Morgan fingerprint density at radius 2 is 1.52 bits per heavy atom. The van der Waals surface area contributed by atoms with Crippen LogP contribution in [0.2, 0.25) is 0 Å². The Labute approximate surface area is 250 Å². The Kier molecular flexibility index (Phi) is 9.02. The van der Waals surface area contributed by atoms with Crippen molar-refractivity contribution in [2.45, 2.75) is 38.8 Å². The van der Waals surface area contributed by atoms with Gasteiger partial charge in [0.25, 0.3) is 5.56 Å². The van der Waals surface area contributed by atoms with E-state index in [1.165, 1.54) is 19.1 Å². The monoisotopic (exact) mass is 613 g/mol. The van der Waals surface area contributed by atoms with Gasteiger partial charge in [-0.2, -0.15) is 13.2 Å². The highest BCUT2D eigenvalue weighted by atomic mass is 19.4.